The number of urea groups is 1. The van der Waals surface area contributed by atoms with Gasteiger partial charge in [0.15, 0.2) is 11.5 Å². The fourth-order valence-electron chi connectivity index (χ4n) is 1.95. The van der Waals surface area contributed by atoms with E-state index in [2.05, 4.69) is 10.6 Å². The van der Waals surface area contributed by atoms with Crippen LogP contribution in [0.15, 0.2) is 18.2 Å². The predicted molar refractivity (Wildman–Crippen MR) is 74.1 cm³/mol. The lowest BCUT2D eigenvalue weighted by molar-refractivity contribution is 0.231. The molecule has 2 rings (SSSR count). The highest BCUT2D eigenvalue weighted by molar-refractivity contribution is 5.74. The van der Waals surface area contributed by atoms with E-state index in [4.69, 9.17) is 14.6 Å². The molecule has 1 heterocycles. The van der Waals surface area contributed by atoms with Crippen molar-refractivity contribution in [2.45, 2.75) is 19.4 Å². The lowest BCUT2D eigenvalue weighted by atomic mass is 10.1. The number of hydrogen-bond donors (Lipinski definition) is 3. The Morgan fingerprint density at radius 3 is 2.85 bits per heavy atom. The summed E-state index contributed by atoms with van der Waals surface area (Å²) >= 11 is 0. The maximum absolute atomic E-state index is 11.5. The number of aliphatic hydroxyl groups is 1. The molecule has 1 aliphatic heterocycles. The molecular formula is C14H20N2O4. The second-order valence-corrected chi connectivity index (χ2v) is 4.60. The van der Waals surface area contributed by atoms with Crippen LogP contribution in [-0.4, -0.2) is 37.5 Å². The summed E-state index contributed by atoms with van der Waals surface area (Å²) in [6.45, 7) is 3.34. The van der Waals surface area contributed by atoms with Crippen molar-refractivity contribution in [3.63, 3.8) is 0 Å². The number of carbonyl (C=O) groups is 1. The van der Waals surface area contributed by atoms with Crippen LogP contribution in [0.2, 0.25) is 0 Å². The van der Waals surface area contributed by atoms with Crippen LogP contribution in [0.25, 0.3) is 0 Å². The van der Waals surface area contributed by atoms with Crippen molar-refractivity contribution in [2.24, 2.45) is 0 Å². The molecule has 1 aliphatic rings. The Morgan fingerprint density at radius 2 is 2.10 bits per heavy atom. The second-order valence-electron chi connectivity index (χ2n) is 4.60. The molecule has 2 amide bonds. The van der Waals surface area contributed by atoms with Crippen molar-refractivity contribution in [1.82, 2.24) is 10.6 Å². The van der Waals surface area contributed by atoms with E-state index < -0.39 is 0 Å². The summed E-state index contributed by atoms with van der Waals surface area (Å²) in [5, 5.41) is 14.0. The van der Waals surface area contributed by atoms with E-state index in [9.17, 15) is 4.79 Å². The number of carbonyl (C=O) groups excluding carboxylic acids is 1. The van der Waals surface area contributed by atoms with Crippen LogP contribution in [0.3, 0.4) is 0 Å². The van der Waals surface area contributed by atoms with Gasteiger partial charge in [0.1, 0.15) is 0 Å². The maximum atomic E-state index is 11.5. The number of aliphatic hydroxyl groups excluding tert-OH is 1. The lowest BCUT2D eigenvalue weighted by Crippen LogP contribution is -2.38. The zero-order chi connectivity index (χ0) is 14.4. The fraction of sp³-hybridized carbons (Fsp3) is 0.500. The van der Waals surface area contributed by atoms with Gasteiger partial charge in [0.25, 0.3) is 0 Å². The summed E-state index contributed by atoms with van der Waals surface area (Å²) in [6.07, 6.45) is 0.862. The molecular weight excluding hydrogens is 260 g/mol. The van der Waals surface area contributed by atoms with E-state index in [1.54, 1.807) is 0 Å². The minimum atomic E-state index is -0.307. The van der Waals surface area contributed by atoms with Crippen molar-refractivity contribution < 1.29 is 19.4 Å². The van der Waals surface area contributed by atoms with E-state index in [0.29, 0.717) is 19.0 Å². The monoisotopic (exact) mass is 280 g/mol. The van der Waals surface area contributed by atoms with Crippen LogP contribution in [0, 0.1) is 0 Å². The highest BCUT2D eigenvalue weighted by atomic mass is 16.5. The molecule has 3 N–H and O–H groups in total. The van der Waals surface area contributed by atoms with Crippen molar-refractivity contribution >= 4 is 6.03 Å². The summed E-state index contributed by atoms with van der Waals surface area (Å²) < 4.78 is 11.2. The topological polar surface area (TPSA) is 79.8 Å². The van der Waals surface area contributed by atoms with Crippen molar-refractivity contribution in [1.29, 1.82) is 0 Å². The molecule has 1 unspecified atom stereocenters. The van der Waals surface area contributed by atoms with Gasteiger partial charge in [-0.3, -0.25) is 0 Å². The molecule has 20 heavy (non-hydrogen) atoms. The third-order valence-corrected chi connectivity index (χ3v) is 3.02. The Hall–Kier alpha value is -1.95. The van der Waals surface area contributed by atoms with Gasteiger partial charge in [0.05, 0.1) is 25.9 Å². The van der Waals surface area contributed by atoms with Crippen LogP contribution in [0.4, 0.5) is 4.79 Å². The number of benzene rings is 1. The van der Waals surface area contributed by atoms with E-state index >= 15 is 0 Å². The zero-order valence-electron chi connectivity index (χ0n) is 11.5. The minimum absolute atomic E-state index is 0.0776. The van der Waals surface area contributed by atoms with Crippen molar-refractivity contribution in [3.8, 4) is 11.5 Å². The highest BCUT2D eigenvalue weighted by Crippen LogP contribution is 2.32. The average Bonchev–Trinajstić information content (AvgIpc) is 2.69. The van der Waals surface area contributed by atoms with E-state index in [-0.39, 0.29) is 25.2 Å². The van der Waals surface area contributed by atoms with Gasteiger partial charge < -0.3 is 25.2 Å². The first-order chi connectivity index (χ1) is 9.70. The molecule has 0 aromatic heterocycles. The molecule has 0 spiro atoms. The largest absolute Gasteiger partial charge is 0.490 e. The second kappa shape index (κ2) is 7.00. The SMILES string of the molecule is CC(NC(=O)NCCO)c1ccc2c(c1)OCCCO2. The number of fused-ring (bicyclic) bond motifs is 1. The van der Waals surface area contributed by atoms with Crippen LogP contribution in [-0.2, 0) is 0 Å². The third-order valence-electron chi connectivity index (χ3n) is 3.02. The normalized spacial score (nSPS) is 15.1. The van der Waals surface area contributed by atoms with Gasteiger partial charge >= 0.3 is 6.03 Å². The molecule has 1 aromatic rings. The summed E-state index contributed by atoms with van der Waals surface area (Å²) in [7, 11) is 0. The minimum Gasteiger partial charge on any atom is -0.490 e. The third kappa shape index (κ3) is 3.77. The van der Waals surface area contributed by atoms with Gasteiger partial charge in [0.2, 0.25) is 0 Å². The van der Waals surface area contributed by atoms with Gasteiger partial charge in [0, 0.05) is 13.0 Å². The number of nitrogens with one attached hydrogen (secondary N) is 2. The molecule has 0 bridgehead atoms. The predicted octanol–water partition coefficient (Wildman–Crippen LogP) is 1.20. The molecule has 1 atom stereocenters. The molecule has 1 aromatic carbocycles. The van der Waals surface area contributed by atoms with Gasteiger partial charge in [-0.2, -0.15) is 0 Å². The molecule has 0 radical (unpaired) electrons. The summed E-state index contributed by atoms with van der Waals surface area (Å²) in [5.74, 6) is 1.45. The number of amides is 2. The number of rotatable bonds is 4. The van der Waals surface area contributed by atoms with Gasteiger partial charge in [-0.1, -0.05) is 6.07 Å². The van der Waals surface area contributed by atoms with Crippen molar-refractivity contribution in [2.75, 3.05) is 26.4 Å². The quantitative estimate of drug-likeness (QED) is 0.774. The summed E-state index contributed by atoms with van der Waals surface area (Å²) in [6, 6.07) is 5.19. The number of hydrogen-bond acceptors (Lipinski definition) is 4. The summed E-state index contributed by atoms with van der Waals surface area (Å²) in [5.41, 5.74) is 0.938. The van der Waals surface area contributed by atoms with Crippen LogP contribution < -0.4 is 20.1 Å². The molecule has 6 heteroatoms. The standard InChI is InChI=1S/C14H20N2O4/c1-10(16-14(18)15-5-6-17)11-3-4-12-13(9-11)20-8-2-7-19-12/h3-4,9-10,17H,2,5-8H2,1H3,(H2,15,16,18). The first kappa shape index (κ1) is 14.5. The Labute approximate surface area is 118 Å². The molecule has 0 saturated carbocycles. The van der Waals surface area contributed by atoms with E-state index in [1.165, 1.54) is 0 Å². The van der Waals surface area contributed by atoms with Gasteiger partial charge in [-0.25, -0.2) is 4.79 Å². The van der Waals surface area contributed by atoms with Crippen molar-refractivity contribution in [3.05, 3.63) is 23.8 Å². The Bertz CT molecular complexity index is 464. The fourth-order valence-corrected chi connectivity index (χ4v) is 1.95. The Morgan fingerprint density at radius 1 is 1.35 bits per heavy atom. The smallest absolute Gasteiger partial charge is 0.315 e. The van der Waals surface area contributed by atoms with Crippen LogP contribution in [0.5, 0.6) is 11.5 Å². The zero-order valence-corrected chi connectivity index (χ0v) is 11.5. The highest BCUT2D eigenvalue weighted by Gasteiger charge is 2.14. The molecule has 0 saturated heterocycles. The maximum Gasteiger partial charge on any atom is 0.315 e. The first-order valence-electron chi connectivity index (χ1n) is 6.75. The Balaban J connectivity index is 2.01. The van der Waals surface area contributed by atoms with E-state index in [1.807, 2.05) is 25.1 Å². The van der Waals surface area contributed by atoms with Crippen LogP contribution >= 0.6 is 0 Å². The summed E-state index contributed by atoms with van der Waals surface area (Å²) in [4.78, 5) is 11.5. The molecule has 0 fully saturated rings. The average molecular weight is 280 g/mol. The molecule has 0 aliphatic carbocycles. The lowest BCUT2D eigenvalue weighted by Gasteiger charge is -2.16. The number of ether oxygens (including phenoxy) is 2. The van der Waals surface area contributed by atoms with Crippen LogP contribution in [0.1, 0.15) is 24.9 Å². The van der Waals surface area contributed by atoms with E-state index in [0.717, 1.165) is 17.7 Å². The van der Waals surface area contributed by atoms with Gasteiger partial charge in [-0.15, -0.1) is 0 Å². The molecule has 6 nitrogen and oxygen atoms in total. The van der Waals surface area contributed by atoms with Gasteiger partial charge in [-0.05, 0) is 24.6 Å². The Kier molecular flexibility index (Phi) is 5.06. The first-order valence-corrected chi connectivity index (χ1v) is 6.75. The molecule has 110 valence electrons.